The molecule has 0 aromatic heterocycles. The van der Waals surface area contributed by atoms with E-state index in [1.807, 2.05) is 0 Å². The van der Waals surface area contributed by atoms with Crippen LogP contribution in [0.2, 0.25) is 0 Å². The van der Waals surface area contributed by atoms with Crippen LogP contribution < -0.4 is 5.32 Å². The number of ether oxygens (including phenoxy) is 6. The first-order valence-electron chi connectivity index (χ1n) is 27.8. The Morgan fingerprint density at radius 2 is 0.761 bits per heavy atom. The van der Waals surface area contributed by atoms with Gasteiger partial charge in [-0.1, -0.05) is 174 Å². The van der Waals surface area contributed by atoms with E-state index in [4.69, 9.17) is 28.4 Å². The number of rotatable bonds is 40. The number of unbranched alkanes of at least 4 members (excludes halogenated alkanes) is 24. The molecule has 3 saturated heterocycles. The summed E-state index contributed by atoms with van der Waals surface area (Å²) in [6, 6.07) is -0.878. The molecule has 0 aromatic carbocycles. The second-order valence-electron chi connectivity index (χ2n) is 20.5. The Bertz CT molecular complexity index is 1320. The summed E-state index contributed by atoms with van der Waals surface area (Å²) < 4.78 is 33.9. The number of hydrogen-bond donors (Lipinski definition) is 12. The van der Waals surface area contributed by atoms with Crippen LogP contribution in [0.15, 0.2) is 0 Å². The van der Waals surface area contributed by atoms with Crippen LogP contribution in [0.3, 0.4) is 0 Å². The minimum atomic E-state index is -1.85. The van der Waals surface area contributed by atoms with Gasteiger partial charge in [-0.2, -0.15) is 0 Å². The Labute approximate surface area is 423 Å². The largest absolute Gasteiger partial charge is 0.394 e. The molecule has 19 heteroatoms. The normalized spacial score (nSPS) is 32.2. The van der Waals surface area contributed by atoms with E-state index in [2.05, 4.69) is 19.2 Å². The zero-order valence-corrected chi connectivity index (χ0v) is 43.2. The van der Waals surface area contributed by atoms with Crippen molar-refractivity contribution in [2.75, 3.05) is 26.4 Å². The number of carbonyl (C=O) groups excluding carboxylic acids is 1. The average molecular weight is 1030 g/mol. The number of aliphatic hydroxyl groups excluding tert-OH is 11. The molecule has 0 unspecified atom stereocenters. The number of hydrogen-bond acceptors (Lipinski definition) is 18. The zero-order chi connectivity index (χ0) is 52.0. The van der Waals surface area contributed by atoms with Crippen molar-refractivity contribution in [2.24, 2.45) is 0 Å². The molecule has 3 heterocycles. The summed E-state index contributed by atoms with van der Waals surface area (Å²) in [4.78, 5) is 13.3. The maximum absolute atomic E-state index is 13.3. The van der Waals surface area contributed by atoms with Crippen molar-refractivity contribution < 1.29 is 89.4 Å². The second-order valence-corrected chi connectivity index (χ2v) is 20.5. The van der Waals surface area contributed by atoms with Gasteiger partial charge in [0.1, 0.15) is 73.2 Å². The van der Waals surface area contributed by atoms with Gasteiger partial charge in [-0.05, 0) is 12.8 Å². The Kier molecular flexibility index (Phi) is 33.9. The zero-order valence-electron chi connectivity index (χ0n) is 43.2. The van der Waals surface area contributed by atoms with Gasteiger partial charge in [0.05, 0.1) is 38.6 Å². The SMILES string of the molecule is CCCCCCCCCCCCCCCC(=O)N[C@H](CO[C@@H]1O[C@H](CO[C@@H]2O[C@H](CO[C@H]3O[C@H](CO)[C@H](O)[C@H](O)[C@H]3O)[C@H](O)[C@H](O)[C@H]2O)[C@H](O)[C@H](O)[C@H]1O)[C@@H](O)CCCCCCCCCCCCCCC. The van der Waals surface area contributed by atoms with Gasteiger partial charge < -0.3 is 89.9 Å². The third-order valence-electron chi connectivity index (χ3n) is 14.4. The van der Waals surface area contributed by atoms with E-state index < -0.39 is 124 Å². The third-order valence-corrected chi connectivity index (χ3v) is 14.4. The third kappa shape index (κ3) is 23.7. The quantitative estimate of drug-likeness (QED) is 0.0392. The van der Waals surface area contributed by atoms with Gasteiger partial charge in [0.15, 0.2) is 18.9 Å². The summed E-state index contributed by atoms with van der Waals surface area (Å²) in [5.41, 5.74) is 0. The van der Waals surface area contributed by atoms with Crippen molar-refractivity contribution >= 4 is 5.91 Å². The summed E-state index contributed by atoms with van der Waals surface area (Å²) in [6.07, 6.45) is 5.55. The van der Waals surface area contributed by atoms with Crippen LogP contribution in [0.25, 0.3) is 0 Å². The fourth-order valence-corrected chi connectivity index (χ4v) is 9.57. The molecule has 0 aromatic rings. The molecule has 19 nitrogen and oxygen atoms in total. The molecule has 0 saturated carbocycles. The van der Waals surface area contributed by atoms with Crippen LogP contribution in [0.4, 0.5) is 0 Å². The smallest absolute Gasteiger partial charge is 0.220 e. The van der Waals surface area contributed by atoms with E-state index in [9.17, 15) is 61.0 Å². The first-order valence-corrected chi connectivity index (χ1v) is 27.8. The number of nitrogens with one attached hydrogen (secondary N) is 1. The molecule has 0 bridgehead atoms. The highest BCUT2D eigenvalue weighted by Crippen LogP contribution is 2.29. The Hall–Kier alpha value is -1.21. The van der Waals surface area contributed by atoms with Crippen molar-refractivity contribution in [3.8, 4) is 0 Å². The van der Waals surface area contributed by atoms with Gasteiger partial charge in [-0.15, -0.1) is 0 Å². The van der Waals surface area contributed by atoms with Gasteiger partial charge >= 0.3 is 0 Å². The van der Waals surface area contributed by atoms with E-state index >= 15 is 0 Å². The Balaban J connectivity index is 1.52. The van der Waals surface area contributed by atoms with E-state index in [1.165, 1.54) is 116 Å². The monoisotopic (exact) mass is 1030 g/mol. The molecule has 71 heavy (non-hydrogen) atoms. The van der Waals surface area contributed by atoms with Crippen LogP contribution >= 0.6 is 0 Å². The maximum atomic E-state index is 13.3. The lowest BCUT2D eigenvalue weighted by molar-refractivity contribution is -0.342. The lowest BCUT2D eigenvalue weighted by Crippen LogP contribution is -2.63. The molecule has 420 valence electrons. The molecule has 17 atom stereocenters. The molecule has 0 aliphatic carbocycles. The van der Waals surface area contributed by atoms with Gasteiger partial charge in [0.2, 0.25) is 5.91 Å². The first-order chi connectivity index (χ1) is 34.2. The van der Waals surface area contributed by atoms with Gasteiger partial charge in [-0.25, -0.2) is 0 Å². The van der Waals surface area contributed by atoms with Gasteiger partial charge in [0.25, 0.3) is 0 Å². The van der Waals surface area contributed by atoms with Crippen LogP contribution in [0.5, 0.6) is 0 Å². The first kappa shape index (κ1) is 64.1. The minimum absolute atomic E-state index is 0.242. The summed E-state index contributed by atoms with van der Waals surface area (Å²) >= 11 is 0. The highest BCUT2D eigenvalue weighted by atomic mass is 16.7. The lowest BCUT2D eigenvalue weighted by atomic mass is 9.98. The van der Waals surface area contributed by atoms with Crippen LogP contribution in [0.1, 0.15) is 194 Å². The topological polar surface area (TPSA) is 307 Å². The van der Waals surface area contributed by atoms with E-state index in [1.54, 1.807) is 0 Å². The lowest BCUT2D eigenvalue weighted by Gasteiger charge is -2.44. The van der Waals surface area contributed by atoms with Gasteiger partial charge in [-0.3, -0.25) is 4.79 Å². The Morgan fingerprint density at radius 3 is 1.14 bits per heavy atom. The van der Waals surface area contributed by atoms with Crippen molar-refractivity contribution in [1.29, 1.82) is 0 Å². The molecule has 3 rings (SSSR count). The van der Waals surface area contributed by atoms with Crippen LogP contribution in [-0.2, 0) is 33.2 Å². The minimum Gasteiger partial charge on any atom is -0.394 e. The highest BCUT2D eigenvalue weighted by Gasteiger charge is 2.49. The van der Waals surface area contributed by atoms with Crippen molar-refractivity contribution in [2.45, 2.75) is 298 Å². The molecule has 0 radical (unpaired) electrons. The summed E-state index contributed by atoms with van der Waals surface area (Å²) in [6.45, 7) is 2.25. The molecular weight excluding hydrogens is 927 g/mol. The summed E-state index contributed by atoms with van der Waals surface area (Å²) in [7, 11) is 0. The van der Waals surface area contributed by atoms with E-state index in [-0.39, 0.29) is 18.9 Å². The maximum Gasteiger partial charge on any atom is 0.220 e. The van der Waals surface area contributed by atoms with Crippen LogP contribution in [-0.4, -0.2) is 193 Å². The van der Waals surface area contributed by atoms with Crippen molar-refractivity contribution in [3.63, 3.8) is 0 Å². The predicted molar refractivity (Wildman–Crippen MR) is 264 cm³/mol. The van der Waals surface area contributed by atoms with Crippen LogP contribution in [0, 0.1) is 0 Å². The molecule has 3 aliphatic rings. The molecular formula is C52H99NO18. The van der Waals surface area contributed by atoms with E-state index in [0.717, 1.165) is 44.9 Å². The Morgan fingerprint density at radius 1 is 0.437 bits per heavy atom. The predicted octanol–water partition coefficient (Wildman–Crippen LogP) is 3.26. The van der Waals surface area contributed by atoms with Gasteiger partial charge in [0, 0.05) is 6.42 Å². The number of aliphatic hydroxyl groups is 11. The number of amides is 1. The number of carbonyl (C=O) groups is 1. The standard InChI is InChI=1S/C52H99NO18/c1-3-5-7-9-11-13-15-17-19-21-23-25-27-29-36(55)35(53-40(56)30-28-26-24-22-20-18-16-14-12-10-8-6-4-2)32-66-50-48(64)45(61)42(58)38(70-50)34-68-52-49(65)46(62)43(59)39(71-52)33-67-51-47(63)44(60)41(57)37(31-54)69-51/h35-39,41-52,54-55,57-65H,3-34H2,1-2H3,(H,53,56)/t35-,36+,37-,38-,39-,41+,42+,43+,44+,45+,46+,47-,48-,49-,50-,51+,52-/m1/s1. The molecule has 12 N–H and O–H groups in total. The van der Waals surface area contributed by atoms with Crippen molar-refractivity contribution in [1.82, 2.24) is 5.32 Å². The summed E-state index contributed by atoms with van der Waals surface area (Å²) in [5.74, 6) is -0.242. The highest BCUT2D eigenvalue weighted by molar-refractivity contribution is 5.76. The molecule has 3 fully saturated rings. The van der Waals surface area contributed by atoms with E-state index in [0.29, 0.717) is 12.8 Å². The average Bonchev–Trinajstić information content (AvgIpc) is 3.36. The fraction of sp³-hybridized carbons (Fsp3) is 0.981. The fourth-order valence-electron chi connectivity index (χ4n) is 9.57. The molecule has 0 spiro atoms. The second kappa shape index (κ2) is 37.5. The molecule has 1 amide bonds. The summed E-state index contributed by atoms with van der Waals surface area (Å²) in [5, 5.41) is 119. The molecule has 3 aliphatic heterocycles. The van der Waals surface area contributed by atoms with Crippen molar-refractivity contribution in [3.05, 3.63) is 0 Å².